The molecule has 2 rings (SSSR count). The van der Waals surface area contributed by atoms with Gasteiger partial charge in [0.05, 0.1) is 5.69 Å². The van der Waals surface area contributed by atoms with Crippen LogP contribution in [-0.2, 0) is 0 Å². The van der Waals surface area contributed by atoms with Crippen molar-refractivity contribution in [2.24, 2.45) is 4.99 Å². The molecule has 1 fully saturated rings. The van der Waals surface area contributed by atoms with Crippen molar-refractivity contribution in [3.8, 4) is 0 Å². The number of aliphatic imine (C=N–C) groups is 1. The van der Waals surface area contributed by atoms with Crippen LogP contribution in [0.1, 0.15) is 38.7 Å². The normalized spacial score (nSPS) is 18.4. The highest BCUT2D eigenvalue weighted by atomic mass is 35.5. The van der Waals surface area contributed by atoms with E-state index in [0.717, 1.165) is 35.7 Å². The molecule has 0 spiro atoms. The summed E-state index contributed by atoms with van der Waals surface area (Å²) >= 11 is 5.98. The molecule has 0 saturated carbocycles. The maximum Gasteiger partial charge on any atom is 0.109 e. The summed E-state index contributed by atoms with van der Waals surface area (Å²) in [6.07, 6.45) is 5.55. The number of hydrogen-bond acceptors (Lipinski definition) is 1. The predicted molar refractivity (Wildman–Crippen MR) is 83.3 cm³/mol. The van der Waals surface area contributed by atoms with Gasteiger partial charge >= 0.3 is 0 Å². The number of amidine groups is 1. The molecule has 2 nitrogen and oxygen atoms in total. The first-order valence-electron chi connectivity index (χ1n) is 6.88. The van der Waals surface area contributed by atoms with Crippen LogP contribution in [0.4, 0.5) is 5.69 Å². The van der Waals surface area contributed by atoms with Gasteiger partial charge in [0.1, 0.15) is 5.84 Å². The van der Waals surface area contributed by atoms with Crippen LogP contribution in [0.3, 0.4) is 0 Å². The number of likely N-dealkylation sites (tertiary alicyclic amines) is 1. The third-order valence-electron chi connectivity index (χ3n) is 3.47. The van der Waals surface area contributed by atoms with Crippen molar-refractivity contribution < 1.29 is 0 Å². The van der Waals surface area contributed by atoms with Crippen LogP contribution in [0.5, 0.6) is 0 Å². The number of halogens is 1. The Morgan fingerprint density at radius 2 is 2.26 bits per heavy atom. The van der Waals surface area contributed by atoms with Crippen LogP contribution >= 0.6 is 11.6 Å². The van der Waals surface area contributed by atoms with E-state index in [2.05, 4.69) is 31.9 Å². The van der Waals surface area contributed by atoms with Gasteiger partial charge in [-0.15, -0.1) is 0 Å². The number of benzene rings is 1. The summed E-state index contributed by atoms with van der Waals surface area (Å²) in [6.45, 7) is 7.48. The van der Waals surface area contributed by atoms with Crippen LogP contribution < -0.4 is 0 Å². The first-order chi connectivity index (χ1) is 9.10. The number of aryl methyl sites for hydroxylation is 1. The van der Waals surface area contributed by atoms with Crippen molar-refractivity contribution in [2.45, 2.75) is 40.0 Å². The lowest BCUT2D eigenvalue weighted by atomic mass is 10.2. The van der Waals surface area contributed by atoms with Gasteiger partial charge in [0.2, 0.25) is 0 Å². The SMILES string of the molecule is CC/C(C)=C/N1CCCC1=Nc1ccc(Cl)cc1C. The average Bonchev–Trinajstić information content (AvgIpc) is 2.80. The minimum absolute atomic E-state index is 0.770. The summed E-state index contributed by atoms with van der Waals surface area (Å²) in [5.41, 5.74) is 3.54. The molecule has 1 aromatic carbocycles. The molecule has 0 N–H and O–H groups in total. The van der Waals surface area contributed by atoms with Crippen LogP contribution in [0.2, 0.25) is 5.02 Å². The third kappa shape index (κ3) is 3.60. The maximum atomic E-state index is 5.98. The molecule has 0 amide bonds. The maximum absolute atomic E-state index is 5.98. The van der Waals surface area contributed by atoms with Crippen LogP contribution in [-0.4, -0.2) is 17.3 Å². The van der Waals surface area contributed by atoms with E-state index in [9.17, 15) is 0 Å². The molecule has 1 aliphatic rings. The monoisotopic (exact) mass is 276 g/mol. The smallest absolute Gasteiger partial charge is 0.109 e. The zero-order valence-electron chi connectivity index (χ0n) is 11.9. The molecule has 1 aliphatic heterocycles. The highest BCUT2D eigenvalue weighted by Gasteiger charge is 2.17. The van der Waals surface area contributed by atoms with Gasteiger partial charge in [-0.2, -0.15) is 0 Å². The fourth-order valence-electron chi connectivity index (χ4n) is 2.18. The molecule has 1 aromatic rings. The minimum atomic E-state index is 0.770. The number of rotatable bonds is 3. The van der Waals surface area contributed by atoms with Crippen molar-refractivity contribution in [2.75, 3.05) is 6.54 Å². The van der Waals surface area contributed by atoms with Crippen molar-refractivity contribution in [3.05, 3.63) is 40.6 Å². The second kappa shape index (κ2) is 6.25. The molecule has 19 heavy (non-hydrogen) atoms. The van der Waals surface area contributed by atoms with E-state index < -0.39 is 0 Å². The van der Waals surface area contributed by atoms with Gasteiger partial charge in [0.25, 0.3) is 0 Å². The van der Waals surface area contributed by atoms with Gasteiger partial charge in [-0.3, -0.25) is 0 Å². The number of hydrogen-bond donors (Lipinski definition) is 0. The molecule has 0 aliphatic carbocycles. The molecule has 102 valence electrons. The number of allylic oxidation sites excluding steroid dienone is 1. The highest BCUT2D eigenvalue weighted by Crippen LogP contribution is 2.25. The molecule has 0 atom stereocenters. The molecule has 3 heteroatoms. The average molecular weight is 277 g/mol. The topological polar surface area (TPSA) is 15.6 Å². The zero-order valence-corrected chi connectivity index (χ0v) is 12.7. The third-order valence-corrected chi connectivity index (χ3v) is 3.71. The molecule has 1 heterocycles. The summed E-state index contributed by atoms with van der Waals surface area (Å²) < 4.78 is 0. The van der Waals surface area contributed by atoms with Crippen LogP contribution in [0.15, 0.2) is 35.0 Å². The Morgan fingerprint density at radius 3 is 2.95 bits per heavy atom. The quantitative estimate of drug-likeness (QED) is 0.751. The molecule has 1 saturated heterocycles. The van der Waals surface area contributed by atoms with Gasteiger partial charge in [-0.05, 0) is 50.5 Å². The molecule has 0 aromatic heterocycles. The Balaban J connectivity index is 2.26. The molecule has 0 radical (unpaired) electrons. The van der Waals surface area contributed by atoms with E-state index in [4.69, 9.17) is 16.6 Å². The zero-order chi connectivity index (χ0) is 13.8. The van der Waals surface area contributed by atoms with E-state index >= 15 is 0 Å². The highest BCUT2D eigenvalue weighted by molar-refractivity contribution is 6.30. The first kappa shape index (κ1) is 14.1. The van der Waals surface area contributed by atoms with Crippen LogP contribution in [0, 0.1) is 6.92 Å². The lowest BCUT2D eigenvalue weighted by Crippen LogP contribution is -2.18. The van der Waals surface area contributed by atoms with E-state index in [1.165, 1.54) is 17.8 Å². The standard InChI is InChI=1S/C16H21ClN2/c1-4-12(2)11-19-9-5-6-16(19)18-15-8-7-14(17)10-13(15)3/h7-8,10-11H,4-6,9H2,1-3H3/b12-11+,18-16?. The van der Waals surface area contributed by atoms with Gasteiger partial charge < -0.3 is 4.90 Å². The summed E-state index contributed by atoms with van der Waals surface area (Å²) in [4.78, 5) is 7.09. The van der Waals surface area contributed by atoms with E-state index in [1.807, 2.05) is 18.2 Å². The fraction of sp³-hybridized carbons (Fsp3) is 0.438. The Kier molecular flexibility index (Phi) is 4.65. The van der Waals surface area contributed by atoms with Gasteiger partial charge in [0, 0.05) is 24.2 Å². The van der Waals surface area contributed by atoms with Crippen molar-refractivity contribution >= 4 is 23.1 Å². The Morgan fingerprint density at radius 1 is 1.47 bits per heavy atom. The van der Waals surface area contributed by atoms with Gasteiger partial charge in [-0.25, -0.2) is 4.99 Å². The van der Waals surface area contributed by atoms with E-state index in [0.29, 0.717) is 0 Å². The largest absolute Gasteiger partial charge is 0.337 e. The van der Waals surface area contributed by atoms with Crippen molar-refractivity contribution in [1.29, 1.82) is 0 Å². The molecular formula is C16H21ClN2. The molecular weight excluding hydrogens is 256 g/mol. The van der Waals surface area contributed by atoms with Gasteiger partial charge in [0.15, 0.2) is 0 Å². The van der Waals surface area contributed by atoms with Crippen molar-refractivity contribution in [3.63, 3.8) is 0 Å². The summed E-state index contributed by atoms with van der Waals surface area (Å²) in [5, 5.41) is 0.770. The lowest BCUT2D eigenvalue weighted by Gasteiger charge is -2.15. The van der Waals surface area contributed by atoms with Crippen molar-refractivity contribution in [1.82, 2.24) is 4.90 Å². The summed E-state index contributed by atoms with van der Waals surface area (Å²) in [5.74, 6) is 1.17. The predicted octanol–water partition coefficient (Wildman–Crippen LogP) is 5.09. The fourth-order valence-corrected chi connectivity index (χ4v) is 2.41. The summed E-state index contributed by atoms with van der Waals surface area (Å²) in [6, 6.07) is 5.87. The first-order valence-corrected chi connectivity index (χ1v) is 7.25. The molecule has 0 unspecified atom stereocenters. The lowest BCUT2D eigenvalue weighted by molar-refractivity contribution is 0.595. The van der Waals surface area contributed by atoms with E-state index in [-0.39, 0.29) is 0 Å². The Hall–Kier alpha value is -1.28. The number of nitrogens with zero attached hydrogens (tertiary/aromatic N) is 2. The Labute approximate surface area is 120 Å². The minimum Gasteiger partial charge on any atom is -0.337 e. The molecule has 0 bridgehead atoms. The second-order valence-electron chi connectivity index (χ2n) is 5.08. The van der Waals surface area contributed by atoms with Crippen LogP contribution in [0.25, 0.3) is 0 Å². The summed E-state index contributed by atoms with van der Waals surface area (Å²) in [7, 11) is 0. The Bertz CT molecular complexity index is 517. The second-order valence-corrected chi connectivity index (χ2v) is 5.52. The van der Waals surface area contributed by atoms with Gasteiger partial charge in [-0.1, -0.05) is 24.1 Å². The van der Waals surface area contributed by atoms with E-state index in [1.54, 1.807) is 0 Å².